The number of nitrogens with zero attached hydrogens (tertiary/aromatic N) is 1. The lowest BCUT2D eigenvalue weighted by molar-refractivity contribution is -0.870. The highest BCUT2D eigenvalue weighted by atomic mass is 16.7. The van der Waals surface area contributed by atoms with Crippen LogP contribution in [-0.4, -0.2) is 87.4 Å². The Balaban J connectivity index is 3.93. The first-order chi connectivity index (χ1) is 51.6. The van der Waals surface area contributed by atoms with Crippen LogP contribution in [0.3, 0.4) is 0 Å². The number of aliphatic carboxylic acids is 1. The van der Waals surface area contributed by atoms with E-state index in [1.807, 2.05) is 21.1 Å². The normalized spacial score (nSPS) is 13.1. The van der Waals surface area contributed by atoms with Gasteiger partial charge in [0.25, 0.3) is 6.29 Å². The van der Waals surface area contributed by atoms with Crippen molar-refractivity contribution in [3.8, 4) is 0 Å². The second-order valence-electron chi connectivity index (χ2n) is 31.5. The Morgan fingerprint density at radius 3 is 0.810 bits per heavy atom. The van der Waals surface area contributed by atoms with Gasteiger partial charge in [0.05, 0.1) is 34.4 Å². The van der Waals surface area contributed by atoms with E-state index in [1.165, 1.54) is 308 Å². The molecule has 0 heterocycles. The Morgan fingerprint density at radius 2 is 0.543 bits per heavy atom. The van der Waals surface area contributed by atoms with E-state index in [2.05, 4.69) is 123 Å². The van der Waals surface area contributed by atoms with Crippen LogP contribution >= 0.6 is 0 Å². The minimum Gasteiger partial charge on any atom is -0.477 e. The van der Waals surface area contributed by atoms with Gasteiger partial charge in [-0.1, -0.05) is 419 Å². The molecule has 9 nitrogen and oxygen atoms in total. The number of esters is 2. The summed E-state index contributed by atoms with van der Waals surface area (Å²) in [6.07, 6.45) is 119. The van der Waals surface area contributed by atoms with Crippen molar-refractivity contribution in [2.45, 2.75) is 437 Å². The summed E-state index contributed by atoms with van der Waals surface area (Å²) >= 11 is 0. The van der Waals surface area contributed by atoms with Crippen molar-refractivity contribution in [1.29, 1.82) is 0 Å². The molecule has 0 saturated carbocycles. The largest absolute Gasteiger partial charge is 0.477 e. The third kappa shape index (κ3) is 87.1. The third-order valence-electron chi connectivity index (χ3n) is 20.0. The van der Waals surface area contributed by atoms with Crippen LogP contribution in [0.5, 0.6) is 0 Å². The number of carbonyl (C=O) groups is 3. The van der Waals surface area contributed by atoms with Gasteiger partial charge >= 0.3 is 17.9 Å². The number of allylic oxidation sites excluding steroid dienone is 18. The predicted molar refractivity (Wildman–Crippen MR) is 456 cm³/mol. The molecule has 0 aromatic heterocycles. The second kappa shape index (κ2) is 85.6. The highest BCUT2D eigenvalue weighted by molar-refractivity contribution is 5.71. The molecular weight excluding hydrogens is 1300 g/mol. The highest BCUT2D eigenvalue weighted by Gasteiger charge is 2.25. The van der Waals surface area contributed by atoms with E-state index in [9.17, 15) is 19.5 Å². The molecule has 2 unspecified atom stereocenters. The van der Waals surface area contributed by atoms with Crippen LogP contribution in [0.25, 0.3) is 0 Å². The van der Waals surface area contributed by atoms with Crippen molar-refractivity contribution in [3.05, 3.63) is 109 Å². The van der Waals surface area contributed by atoms with Crippen LogP contribution in [0.1, 0.15) is 425 Å². The van der Waals surface area contributed by atoms with Gasteiger partial charge < -0.3 is 28.5 Å². The van der Waals surface area contributed by atoms with E-state index >= 15 is 0 Å². The number of carboxylic acid groups (broad SMARTS) is 1. The molecule has 0 aromatic rings. The quantitative estimate of drug-likeness (QED) is 0.0211. The molecule has 0 fully saturated rings. The van der Waals surface area contributed by atoms with E-state index in [0.717, 1.165) is 89.9 Å². The SMILES string of the molecule is CC/C=C\C/C=C\C/C=C\C/C=C\C/C=C\C/C=C\C/C=C\CCCCCCCCCCCCCCCCCCCC(=O)OC(COC(=O)CCCCCCCCCCCCCCCCCCCCCCCCCCCCCCC/C=C\C/C=C\CCCCCCC)COC(OCC[N+](C)(C)C)C(=O)O. The van der Waals surface area contributed by atoms with Gasteiger partial charge in [-0.3, -0.25) is 9.59 Å². The zero-order valence-electron chi connectivity index (χ0n) is 69.9. The molecule has 0 bridgehead atoms. The zero-order chi connectivity index (χ0) is 76.0. The van der Waals surface area contributed by atoms with E-state index in [1.54, 1.807) is 0 Å². The van der Waals surface area contributed by atoms with Crippen molar-refractivity contribution in [3.63, 3.8) is 0 Å². The monoisotopic (exact) mass is 1470 g/mol. The van der Waals surface area contributed by atoms with Crippen LogP contribution in [0.2, 0.25) is 0 Å². The fourth-order valence-corrected chi connectivity index (χ4v) is 13.2. The number of hydrogen-bond acceptors (Lipinski definition) is 7. The number of hydrogen-bond donors (Lipinski definition) is 1. The summed E-state index contributed by atoms with van der Waals surface area (Å²) in [6, 6.07) is 0. The Hall–Kier alpha value is -4.05. The Morgan fingerprint density at radius 1 is 0.295 bits per heavy atom. The molecule has 0 aliphatic heterocycles. The smallest absolute Gasteiger partial charge is 0.361 e. The molecule has 0 spiro atoms. The maximum atomic E-state index is 13.0. The summed E-state index contributed by atoms with van der Waals surface area (Å²) in [5, 5.41) is 9.80. The Kier molecular flexibility index (Phi) is 82.3. The number of rotatable bonds is 84. The summed E-state index contributed by atoms with van der Waals surface area (Å²) in [5.74, 6) is -1.98. The van der Waals surface area contributed by atoms with Gasteiger partial charge in [0, 0.05) is 12.8 Å². The molecule has 2 atom stereocenters. The van der Waals surface area contributed by atoms with Gasteiger partial charge in [-0.25, -0.2) is 4.79 Å². The lowest BCUT2D eigenvalue weighted by Crippen LogP contribution is -2.40. The number of ether oxygens (including phenoxy) is 4. The lowest BCUT2D eigenvalue weighted by atomic mass is 10.0. The zero-order valence-corrected chi connectivity index (χ0v) is 69.9. The third-order valence-corrected chi connectivity index (χ3v) is 20.0. The molecule has 0 aliphatic rings. The van der Waals surface area contributed by atoms with Crippen molar-refractivity contribution in [1.82, 2.24) is 0 Å². The summed E-state index contributed by atoms with van der Waals surface area (Å²) in [6.45, 7) is 4.81. The molecule has 0 rings (SSSR count). The second-order valence-corrected chi connectivity index (χ2v) is 31.5. The van der Waals surface area contributed by atoms with E-state index in [4.69, 9.17) is 18.9 Å². The molecular formula is C96H172NO8+. The molecule has 9 heteroatoms. The van der Waals surface area contributed by atoms with Gasteiger partial charge in [-0.15, -0.1) is 0 Å². The first kappa shape index (κ1) is 101. The van der Waals surface area contributed by atoms with Crippen LogP contribution in [0, 0.1) is 0 Å². The topological polar surface area (TPSA) is 108 Å². The standard InChI is InChI=1S/C96H171NO8/c1-6-8-10-12-14-16-18-20-22-24-26-28-30-32-34-36-38-40-42-44-46-47-49-50-52-54-56-58-60-62-64-66-68-70-72-74-76-78-80-82-84-86-93(98)103-90-92(91-104-96(95(100)101)102-89-88-97(3,4)5)105-94(99)87-85-83-81-79-77-75-73-71-69-67-65-63-61-59-57-55-53-51-48-45-43-41-39-37-35-33-31-29-27-25-23-21-19-17-15-13-11-9-7-2/h9,11,15,17-18,20-21,23-24,26-27,29,33,35,39,41,45,48,92,96H,6-8,10,12-14,16,19,22,25,28,30-32,34,36-38,40,42-44,46-47,49-91H2,1-5H3/p+1/b11-9-,17-15-,20-18-,23-21-,26-24-,29-27-,35-33-,41-39-,48-45-. The fraction of sp³-hybridized carbons (Fsp3) is 0.781. The number of quaternary nitrogens is 1. The number of likely N-dealkylation sites (N-methyl/N-ethyl adjacent to an activating group) is 1. The first-order valence-electron chi connectivity index (χ1n) is 45.1. The maximum absolute atomic E-state index is 13.0. The molecule has 0 aliphatic carbocycles. The molecule has 608 valence electrons. The number of carbonyl (C=O) groups excluding carboxylic acids is 2. The van der Waals surface area contributed by atoms with Gasteiger partial charge in [0.1, 0.15) is 13.2 Å². The maximum Gasteiger partial charge on any atom is 0.361 e. The number of unbranched alkanes of at least 4 members (excludes halogenated alkanes) is 51. The fourth-order valence-electron chi connectivity index (χ4n) is 13.2. The van der Waals surface area contributed by atoms with Crippen LogP contribution in [0.15, 0.2) is 109 Å². The molecule has 105 heavy (non-hydrogen) atoms. The highest BCUT2D eigenvalue weighted by Crippen LogP contribution is 2.20. The minimum absolute atomic E-state index is 0.180. The summed E-state index contributed by atoms with van der Waals surface area (Å²) in [7, 11) is 6.00. The first-order valence-corrected chi connectivity index (χ1v) is 45.1. The number of carboxylic acids is 1. The van der Waals surface area contributed by atoms with E-state index < -0.39 is 18.4 Å². The van der Waals surface area contributed by atoms with Gasteiger partial charge in [0.2, 0.25) is 0 Å². The summed E-state index contributed by atoms with van der Waals surface area (Å²) < 4.78 is 23.1. The molecule has 0 radical (unpaired) electrons. The van der Waals surface area contributed by atoms with Gasteiger partial charge in [0.15, 0.2) is 6.10 Å². The summed E-state index contributed by atoms with van der Waals surface area (Å²) in [4.78, 5) is 37.8. The van der Waals surface area contributed by atoms with Crippen molar-refractivity contribution in [2.75, 3.05) is 47.5 Å². The van der Waals surface area contributed by atoms with Crippen molar-refractivity contribution >= 4 is 17.9 Å². The van der Waals surface area contributed by atoms with Crippen LogP contribution in [-0.2, 0) is 33.3 Å². The van der Waals surface area contributed by atoms with Gasteiger partial charge in [-0.05, 0) is 103 Å². The molecule has 0 amide bonds. The predicted octanol–water partition coefficient (Wildman–Crippen LogP) is 29.6. The van der Waals surface area contributed by atoms with Crippen molar-refractivity contribution in [2.24, 2.45) is 0 Å². The molecule has 1 N–H and O–H groups in total. The minimum atomic E-state index is -1.51. The molecule has 0 aromatic carbocycles. The van der Waals surface area contributed by atoms with Crippen LogP contribution in [0.4, 0.5) is 0 Å². The Bertz CT molecular complexity index is 2110. The average molecular weight is 1470 g/mol. The summed E-state index contributed by atoms with van der Waals surface area (Å²) in [5.41, 5.74) is 0. The average Bonchev–Trinajstić information content (AvgIpc) is 1.97. The van der Waals surface area contributed by atoms with E-state index in [0.29, 0.717) is 17.4 Å². The van der Waals surface area contributed by atoms with Crippen LogP contribution < -0.4 is 0 Å². The van der Waals surface area contributed by atoms with Crippen molar-refractivity contribution < 1.29 is 42.9 Å². The van der Waals surface area contributed by atoms with E-state index in [-0.39, 0.29) is 38.2 Å². The Labute approximate surface area is 651 Å². The van der Waals surface area contributed by atoms with Gasteiger partial charge in [-0.2, -0.15) is 0 Å². The molecule has 0 saturated heterocycles. The lowest BCUT2D eigenvalue weighted by Gasteiger charge is -2.25.